The summed E-state index contributed by atoms with van der Waals surface area (Å²) in [6.07, 6.45) is -0.948. The predicted octanol–water partition coefficient (Wildman–Crippen LogP) is 4.64. The molecule has 0 radical (unpaired) electrons. The van der Waals surface area contributed by atoms with Crippen molar-refractivity contribution in [1.29, 1.82) is 0 Å². The van der Waals surface area contributed by atoms with E-state index in [2.05, 4.69) is 15.9 Å². The highest BCUT2D eigenvalue weighted by Crippen LogP contribution is 2.47. The Kier molecular flexibility index (Phi) is 4.64. The van der Waals surface area contributed by atoms with Crippen molar-refractivity contribution in [3.63, 3.8) is 0 Å². The van der Waals surface area contributed by atoms with Crippen LogP contribution in [0.5, 0.6) is 0 Å². The monoisotopic (exact) mass is 466 g/mol. The SMILES string of the molecule is O=C1[C@H]2[C@H](ON(c3ccccc3)[C@@H]2c2ccc(Br)cc2)C(=O)N1c1ccc(F)cc1. The van der Waals surface area contributed by atoms with Crippen molar-refractivity contribution < 1.29 is 18.8 Å². The number of fused-ring (bicyclic) bond motifs is 1. The number of carbonyl (C=O) groups excluding carboxylic acids is 2. The normalized spacial score (nSPS) is 23.2. The van der Waals surface area contributed by atoms with Crippen LogP contribution < -0.4 is 9.96 Å². The summed E-state index contributed by atoms with van der Waals surface area (Å²) >= 11 is 3.43. The zero-order valence-corrected chi connectivity index (χ0v) is 17.2. The Morgan fingerprint density at radius 1 is 0.800 bits per heavy atom. The molecule has 5 nitrogen and oxygen atoms in total. The number of para-hydroxylation sites is 1. The molecule has 0 aliphatic carbocycles. The first kappa shape index (κ1) is 19.0. The third-order valence-corrected chi connectivity index (χ3v) is 5.95. The molecular formula is C23H16BrFN2O3. The van der Waals surface area contributed by atoms with E-state index in [1.54, 1.807) is 5.06 Å². The van der Waals surface area contributed by atoms with Crippen molar-refractivity contribution >= 4 is 39.1 Å². The van der Waals surface area contributed by atoms with Crippen LogP contribution in [0.15, 0.2) is 83.3 Å². The number of hydroxylamine groups is 1. The van der Waals surface area contributed by atoms with Gasteiger partial charge in [-0.1, -0.05) is 46.3 Å². The van der Waals surface area contributed by atoms with Gasteiger partial charge in [0.15, 0.2) is 6.10 Å². The fourth-order valence-corrected chi connectivity index (χ4v) is 4.32. The minimum Gasteiger partial charge on any atom is -0.273 e. The minimum absolute atomic E-state index is 0.338. The van der Waals surface area contributed by atoms with Crippen LogP contribution in [0.25, 0.3) is 0 Å². The average Bonchev–Trinajstić information content (AvgIpc) is 3.27. The van der Waals surface area contributed by atoms with E-state index in [0.29, 0.717) is 5.69 Å². The summed E-state index contributed by atoms with van der Waals surface area (Å²) in [6.45, 7) is 0. The van der Waals surface area contributed by atoms with Gasteiger partial charge in [-0.15, -0.1) is 0 Å². The number of amides is 2. The average molecular weight is 467 g/mol. The Morgan fingerprint density at radius 2 is 1.47 bits per heavy atom. The number of nitrogens with zero attached hydrogens (tertiary/aromatic N) is 2. The molecule has 2 amide bonds. The van der Waals surface area contributed by atoms with E-state index in [9.17, 15) is 14.0 Å². The molecule has 0 spiro atoms. The molecule has 2 aliphatic rings. The van der Waals surface area contributed by atoms with Crippen molar-refractivity contribution in [3.05, 3.63) is 94.7 Å². The molecule has 2 aliphatic heterocycles. The first-order valence-corrected chi connectivity index (χ1v) is 10.2. The predicted molar refractivity (Wildman–Crippen MR) is 113 cm³/mol. The molecule has 3 atom stereocenters. The van der Waals surface area contributed by atoms with Gasteiger partial charge < -0.3 is 0 Å². The molecule has 7 heteroatoms. The number of anilines is 2. The summed E-state index contributed by atoms with van der Waals surface area (Å²) in [5.41, 5.74) is 1.95. The highest BCUT2D eigenvalue weighted by atomic mass is 79.9. The zero-order valence-electron chi connectivity index (χ0n) is 15.6. The molecular weight excluding hydrogens is 451 g/mol. The summed E-state index contributed by atoms with van der Waals surface area (Å²) in [6, 6.07) is 21.8. The lowest BCUT2D eigenvalue weighted by atomic mass is 9.90. The summed E-state index contributed by atoms with van der Waals surface area (Å²) in [4.78, 5) is 33.7. The molecule has 150 valence electrons. The van der Waals surface area contributed by atoms with Crippen molar-refractivity contribution in [3.8, 4) is 0 Å². The van der Waals surface area contributed by atoms with E-state index in [-0.39, 0.29) is 5.91 Å². The van der Waals surface area contributed by atoms with Gasteiger partial charge in [-0.3, -0.25) is 14.4 Å². The lowest BCUT2D eigenvalue weighted by Gasteiger charge is -2.28. The Labute approximate surface area is 180 Å². The lowest BCUT2D eigenvalue weighted by molar-refractivity contribution is -0.126. The number of hydrogen-bond donors (Lipinski definition) is 0. The third kappa shape index (κ3) is 3.02. The molecule has 3 aromatic carbocycles. The highest BCUT2D eigenvalue weighted by Gasteiger charge is 2.60. The molecule has 5 rings (SSSR count). The standard InChI is InChI=1S/C23H16BrFN2O3/c24-15-8-6-14(7-9-15)20-19-21(30-27(20)18-4-2-1-3-5-18)23(29)26(22(19)28)17-12-10-16(25)11-13-17/h1-13,19-21H/t19-,20-,21+/m1/s1. The number of carbonyl (C=O) groups is 2. The van der Waals surface area contributed by atoms with Crippen LogP contribution in [0.3, 0.4) is 0 Å². The quantitative estimate of drug-likeness (QED) is 0.527. The number of hydrogen-bond acceptors (Lipinski definition) is 4. The van der Waals surface area contributed by atoms with Crippen molar-refractivity contribution in [2.45, 2.75) is 12.1 Å². The van der Waals surface area contributed by atoms with Gasteiger partial charge in [0.05, 0.1) is 17.4 Å². The minimum atomic E-state index is -0.948. The maximum atomic E-state index is 13.4. The van der Waals surface area contributed by atoms with Gasteiger partial charge in [0, 0.05) is 4.47 Å². The molecule has 2 saturated heterocycles. The van der Waals surface area contributed by atoms with Gasteiger partial charge in [0.2, 0.25) is 5.91 Å². The number of benzene rings is 3. The summed E-state index contributed by atoms with van der Waals surface area (Å²) in [5.74, 6) is -1.96. The molecule has 3 aromatic rings. The number of halogens is 2. The van der Waals surface area contributed by atoms with E-state index >= 15 is 0 Å². The van der Waals surface area contributed by atoms with Gasteiger partial charge in [-0.25, -0.2) is 14.4 Å². The van der Waals surface area contributed by atoms with Crippen molar-refractivity contribution in [2.75, 3.05) is 9.96 Å². The summed E-state index contributed by atoms with van der Waals surface area (Å²) in [5, 5.41) is 1.65. The van der Waals surface area contributed by atoms with Gasteiger partial charge in [-0.05, 0) is 54.1 Å². The number of rotatable bonds is 3. The number of imide groups is 1. The van der Waals surface area contributed by atoms with Gasteiger partial charge in [0.1, 0.15) is 11.7 Å². The largest absolute Gasteiger partial charge is 0.273 e. The second-order valence-corrected chi connectivity index (χ2v) is 8.11. The van der Waals surface area contributed by atoms with Gasteiger partial charge in [-0.2, -0.15) is 0 Å². The van der Waals surface area contributed by atoms with Gasteiger partial charge >= 0.3 is 0 Å². The molecule has 30 heavy (non-hydrogen) atoms. The molecule has 0 N–H and O–H groups in total. The Morgan fingerprint density at radius 3 is 2.13 bits per heavy atom. The van der Waals surface area contributed by atoms with Crippen LogP contribution >= 0.6 is 15.9 Å². The summed E-state index contributed by atoms with van der Waals surface area (Å²) in [7, 11) is 0. The first-order valence-electron chi connectivity index (χ1n) is 9.44. The van der Waals surface area contributed by atoms with E-state index in [4.69, 9.17) is 4.84 Å². The Balaban J connectivity index is 1.58. The molecule has 0 unspecified atom stereocenters. The van der Waals surface area contributed by atoms with Crippen LogP contribution in [0, 0.1) is 11.7 Å². The van der Waals surface area contributed by atoms with Crippen molar-refractivity contribution in [2.24, 2.45) is 5.92 Å². The van der Waals surface area contributed by atoms with E-state index in [1.165, 1.54) is 24.3 Å². The smallest absolute Gasteiger partial charge is 0.266 e. The van der Waals surface area contributed by atoms with E-state index in [0.717, 1.165) is 20.6 Å². The second kappa shape index (κ2) is 7.34. The maximum Gasteiger partial charge on any atom is 0.266 e. The Bertz CT molecular complexity index is 1110. The summed E-state index contributed by atoms with van der Waals surface area (Å²) < 4.78 is 14.2. The molecule has 2 fully saturated rings. The van der Waals surface area contributed by atoms with Gasteiger partial charge in [0.25, 0.3) is 5.91 Å². The zero-order chi connectivity index (χ0) is 20.8. The maximum absolute atomic E-state index is 13.4. The van der Waals surface area contributed by atoms with Crippen LogP contribution in [0.2, 0.25) is 0 Å². The highest BCUT2D eigenvalue weighted by molar-refractivity contribution is 9.10. The van der Waals surface area contributed by atoms with E-state index < -0.39 is 29.8 Å². The molecule has 0 aromatic heterocycles. The molecule has 2 heterocycles. The molecule has 0 bridgehead atoms. The van der Waals surface area contributed by atoms with Crippen LogP contribution in [0.4, 0.5) is 15.8 Å². The third-order valence-electron chi connectivity index (χ3n) is 5.42. The molecule has 0 saturated carbocycles. The lowest BCUT2D eigenvalue weighted by Crippen LogP contribution is -2.37. The van der Waals surface area contributed by atoms with E-state index in [1.807, 2.05) is 54.6 Å². The topological polar surface area (TPSA) is 49.9 Å². The Hall–Kier alpha value is -3.03. The van der Waals surface area contributed by atoms with Crippen molar-refractivity contribution in [1.82, 2.24) is 0 Å². The van der Waals surface area contributed by atoms with Crippen LogP contribution in [0.1, 0.15) is 11.6 Å². The second-order valence-electron chi connectivity index (χ2n) is 7.20. The fraction of sp³-hybridized carbons (Fsp3) is 0.130. The first-order chi connectivity index (χ1) is 14.5. The van der Waals surface area contributed by atoms with Crippen LogP contribution in [-0.2, 0) is 14.4 Å². The fourth-order valence-electron chi connectivity index (χ4n) is 4.06. The van der Waals surface area contributed by atoms with Crippen LogP contribution in [-0.4, -0.2) is 17.9 Å².